The van der Waals surface area contributed by atoms with Crippen LogP contribution in [0.3, 0.4) is 0 Å². The first-order chi connectivity index (χ1) is 11.2. The van der Waals surface area contributed by atoms with Crippen LogP contribution in [0.25, 0.3) is 0 Å². The van der Waals surface area contributed by atoms with Gasteiger partial charge in [0, 0.05) is 19.7 Å². The first-order valence-electron chi connectivity index (χ1n) is 8.15. The van der Waals surface area contributed by atoms with E-state index in [1.807, 2.05) is 25.2 Å². The summed E-state index contributed by atoms with van der Waals surface area (Å²) < 4.78 is 21.7. The molecule has 2 atom stereocenters. The summed E-state index contributed by atoms with van der Waals surface area (Å²) in [6.45, 7) is 3.32. The Bertz CT molecular complexity index is 504. The lowest BCUT2D eigenvalue weighted by Gasteiger charge is -2.21. The highest BCUT2D eigenvalue weighted by Gasteiger charge is 2.17. The van der Waals surface area contributed by atoms with Gasteiger partial charge in [0.1, 0.15) is 0 Å². The summed E-state index contributed by atoms with van der Waals surface area (Å²) >= 11 is 0. The molecule has 1 saturated heterocycles. The summed E-state index contributed by atoms with van der Waals surface area (Å²) in [5.41, 5.74) is 1.13. The van der Waals surface area contributed by atoms with Crippen LogP contribution >= 0.6 is 0 Å². The second kappa shape index (κ2) is 7.97. The fourth-order valence-corrected chi connectivity index (χ4v) is 2.94. The largest absolute Gasteiger partial charge is 0.454 e. The molecule has 0 aromatic heterocycles. The van der Waals surface area contributed by atoms with Gasteiger partial charge in [-0.3, -0.25) is 4.90 Å². The molecule has 2 aliphatic rings. The van der Waals surface area contributed by atoms with Gasteiger partial charge in [-0.2, -0.15) is 0 Å². The van der Waals surface area contributed by atoms with Crippen molar-refractivity contribution >= 4 is 0 Å². The molecule has 0 unspecified atom stereocenters. The zero-order valence-electron chi connectivity index (χ0n) is 13.6. The number of aliphatic hydroxyl groups is 1. The Kier molecular flexibility index (Phi) is 5.72. The van der Waals surface area contributed by atoms with Crippen LogP contribution in [0.2, 0.25) is 0 Å². The van der Waals surface area contributed by atoms with Crippen molar-refractivity contribution in [3.05, 3.63) is 23.8 Å². The van der Waals surface area contributed by atoms with Crippen molar-refractivity contribution in [2.75, 3.05) is 40.2 Å². The van der Waals surface area contributed by atoms with Crippen LogP contribution in [-0.2, 0) is 16.0 Å². The lowest BCUT2D eigenvalue weighted by atomic mass is 10.2. The summed E-state index contributed by atoms with van der Waals surface area (Å²) in [4.78, 5) is 2.07. The van der Waals surface area contributed by atoms with Crippen molar-refractivity contribution in [1.29, 1.82) is 0 Å². The van der Waals surface area contributed by atoms with Gasteiger partial charge in [0.15, 0.2) is 11.5 Å². The molecule has 0 radical (unpaired) electrons. The molecule has 2 aliphatic heterocycles. The first kappa shape index (κ1) is 16.5. The Hall–Kier alpha value is -1.34. The quantitative estimate of drug-likeness (QED) is 0.780. The number of fused-ring (bicyclic) bond motifs is 1. The second-order valence-corrected chi connectivity index (χ2v) is 6.21. The highest BCUT2D eigenvalue weighted by molar-refractivity contribution is 5.44. The summed E-state index contributed by atoms with van der Waals surface area (Å²) in [6, 6.07) is 5.93. The van der Waals surface area contributed by atoms with Crippen molar-refractivity contribution in [3.8, 4) is 11.5 Å². The molecule has 128 valence electrons. The maximum absolute atomic E-state index is 10.1. The number of hydrogen-bond donors (Lipinski definition) is 1. The summed E-state index contributed by atoms with van der Waals surface area (Å²) in [7, 11) is 1.98. The highest BCUT2D eigenvalue weighted by Crippen LogP contribution is 2.32. The maximum atomic E-state index is 10.1. The van der Waals surface area contributed by atoms with Crippen molar-refractivity contribution in [2.24, 2.45) is 0 Å². The molecule has 6 heteroatoms. The third-order valence-electron chi connectivity index (χ3n) is 4.05. The zero-order chi connectivity index (χ0) is 16.1. The molecular formula is C17H25NO5. The fourth-order valence-electron chi connectivity index (χ4n) is 2.94. The highest BCUT2D eigenvalue weighted by atomic mass is 16.7. The van der Waals surface area contributed by atoms with E-state index in [-0.39, 0.29) is 12.9 Å². The molecular weight excluding hydrogens is 298 g/mol. The zero-order valence-corrected chi connectivity index (χ0v) is 13.6. The van der Waals surface area contributed by atoms with Crippen LogP contribution in [-0.4, -0.2) is 62.4 Å². The van der Waals surface area contributed by atoms with Crippen LogP contribution in [0.15, 0.2) is 18.2 Å². The molecule has 1 aromatic carbocycles. The summed E-state index contributed by atoms with van der Waals surface area (Å²) in [5, 5.41) is 10.1. The number of rotatable bonds is 8. The minimum atomic E-state index is -0.504. The fraction of sp³-hybridized carbons (Fsp3) is 0.647. The van der Waals surface area contributed by atoms with Crippen molar-refractivity contribution in [1.82, 2.24) is 4.90 Å². The van der Waals surface area contributed by atoms with E-state index in [1.54, 1.807) is 0 Å². The van der Waals surface area contributed by atoms with Gasteiger partial charge in [0.05, 0.1) is 25.4 Å². The minimum Gasteiger partial charge on any atom is -0.454 e. The van der Waals surface area contributed by atoms with Gasteiger partial charge >= 0.3 is 0 Å². The van der Waals surface area contributed by atoms with E-state index < -0.39 is 6.10 Å². The molecule has 0 spiro atoms. The third kappa shape index (κ3) is 4.81. The first-order valence-corrected chi connectivity index (χ1v) is 8.15. The maximum Gasteiger partial charge on any atom is 0.231 e. The Labute approximate surface area is 136 Å². The normalized spacial score (nSPS) is 21.1. The molecule has 6 nitrogen and oxygen atoms in total. The Morgan fingerprint density at radius 1 is 1.35 bits per heavy atom. The van der Waals surface area contributed by atoms with Crippen molar-refractivity contribution in [2.45, 2.75) is 31.6 Å². The summed E-state index contributed by atoms with van der Waals surface area (Å²) in [6.07, 6.45) is 1.86. The molecule has 1 fully saturated rings. The number of hydrogen-bond acceptors (Lipinski definition) is 6. The SMILES string of the molecule is CN(Cc1ccc2c(c1)OCO2)C[C@@H](O)COC[C@H]1CCCO1. The van der Waals surface area contributed by atoms with Crippen LogP contribution in [0.1, 0.15) is 18.4 Å². The van der Waals surface area contributed by atoms with Gasteiger partial charge in [-0.25, -0.2) is 0 Å². The second-order valence-electron chi connectivity index (χ2n) is 6.21. The van der Waals surface area contributed by atoms with E-state index >= 15 is 0 Å². The van der Waals surface area contributed by atoms with Crippen molar-refractivity contribution in [3.63, 3.8) is 0 Å². The molecule has 2 heterocycles. The van der Waals surface area contributed by atoms with Crippen LogP contribution in [0.5, 0.6) is 11.5 Å². The topological polar surface area (TPSA) is 60.4 Å². The molecule has 0 bridgehead atoms. The van der Waals surface area contributed by atoms with E-state index in [0.29, 0.717) is 19.8 Å². The Balaban J connectivity index is 1.37. The van der Waals surface area contributed by atoms with E-state index in [0.717, 1.165) is 43.1 Å². The number of aliphatic hydroxyl groups excluding tert-OH is 1. The van der Waals surface area contributed by atoms with Gasteiger partial charge in [-0.15, -0.1) is 0 Å². The lowest BCUT2D eigenvalue weighted by molar-refractivity contribution is -0.0238. The van der Waals surface area contributed by atoms with E-state index in [1.165, 1.54) is 0 Å². The van der Waals surface area contributed by atoms with Crippen LogP contribution < -0.4 is 9.47 Å². The van der Waals surface area contributed by atoms with Gasteiger partial charge in [-0.1, -0.05) is 6.07 Å². The molecule has 0 amide bonds. The Morgan fingerprint density at radius 2 is 2.22 bits per heavy atom. The number of nitrogens with zero attached hydrogens (tertiary/aromatic N) is 1. The number of benzene rings is 1. The smallest absolute Gasteiger partial charge is 0.231 e. The van der Waals surface area contributed by atoms with E-state index in [2.05, 4.69) is 4.90 Å². The molecule has 3 rings (SSSR count). The predicted octanol–water partition coefficient (Wildman–Crippen LogP) is 1.40. The predicted molar refractivity (Wildman–Crippen MR) is 84.7 cm³/mol. The van der Waals surface area contributed by atoms with Gasteiger partial charge in [-0.05, 0) is 37.6 Å². The van der Waals surface area contributed by atoms with E-state index in [9.17, 15) is 5.11 Å². The lowest BCUT2D eigenvalue weighted by Crippen LogP contribution is -2.32. The number of ether oxygens (including phenoxy) is 4. The molecule has 23 heavy (non-hydrogen) atoms. The molecule has 0 saturated carbocycles. The standard InChI is InChI=1S/C17H25NO5/c1-18(8-13-4-5-16-17(7-13)23-12-22-16)9-14(19)10-20-11-15-3-2-6-21-15/h4-5,7,14-15,19H,2-3,6,8-12H2,1H3/t14-,15-/m1/s1. The number of likely N-dealkylation sites (N-methyl/N-ethyl adjacent to an activating group) is 1. The molecule has 0 aliphatic carbocycles. The Morgan fingerprint density at radius 3 is 3.04 bits per heavy atom. The average molecular weight is 323 g/mol. The van der Waals surface area contributed by atoms with Gasteiger partial charge < -0.3 is 24.1 Å². The third-order valence-corrected chi connectivity index (χ3v) is 4.05. The van der Waals surface area contributed by atoms with Gasteiger partial charge in [0.25, 0.3) is 0 Å². The molecule has 1 aromatic rings. The van der Waals surface area contributed by atoms with Crippen LogP contribution in [0.4, 0.5) is 0 Å². The minimum absolute atomic E-state index is 0.202. The average Bonchev–Trinajstić information content (AvgIpc) is 3.17. The van der Waals surface area contributed by atoms with Crippen molar-refractivity contribution < 1.29 is 24.1 Å². The molecule has 1 N–H and O–H groups in total. The van der Waals surface area contributed by atoms with Crippen LogP contribution in [0, 0.1) is 0 Å². The monoisotopic (exact) mass is 323 g/mol. The van der Waals surface area contributed by atoms with Gasteiger partial charge in [0.2, 0.25) is 6.79 Å². The summed E-state index contributed by atoms with van der Waals surface area (Å²) in [5.74, 6) is 1.58. The van der Waals surface area contributed by atoms with E-state index in [4.69, 9.17) is 18.9 Å².